The maximum atomic E-state index is 13.2. The molecule has 0 fully saturated rings. The first-order valence-electron chi connectivity index (χ1n) is 6.30. The highest BCUT2D eigenvalue weighted by Crippen LogP contribution is 2.41. The summed E-state index contributed by atoms with van der Waals surface area (Å²) < 4.78 is 78.4. The smallest absolute Gasteiger partial charge is 0.340 e. The van der Waals surface area contributed by atoms with Crippen LogP contribution in [0.2, 0.25) is 0 Å². The van der Waals surface area contributed by atoms with Gasteiger partial charge in [-0.15, -0.1) is 0 Å². The highest BCUT2D eigenvalue weighted by molar-refractivity contribution is 5.61. The van der Waals surface area contributed by atoms with Crippen LogP contribution in [0.1, 0.15) is 18.2 Å². The Morgan fingerprint density at radius 3 is 2.27 bits per heavy atom. The summed E-state index contributed by atoms with van der Waals surface area (Å²) >= 11 is 0. The van der Waals surface area contributed by atoms with Crippen molar-refractivity contribution in [2.24, 2.45) is 0 Å². The molecule has 0 saturated carbocycles. The third-order valence-corrected chi connectivity index (χ3v) is 3.40. The maximum absolute atomic E-state index is 13.2. The Hall–Kier alpha value is -1.99. The van der Waals surface area contributed by atoms with Crippen molar-refractivity contribution in [3.05, 3.63) is 47.4 Å². The van der Waals surface area contributed by atoms with E-state index in [9.17, 15) is 26.3 Å². The first-order chi connectivity index (χ1) is 10.0. The van der Waals surface area contributed by atoms with Gasteiger partial charge < -0.3 is 4.90 Å². The van der Waals surface area contributed by atoms with Crippen molar-refractivity contribution in [2.75, 3.05) is 4.90 Å². The number of halogens is 6. The van der Waals surface area contributed by atoms with Crippen LogP contribution in [0.5, 0.6) is 0 Å². The van der Waals surface area contributed by atoms with Gasteiger partial charge in [0, 0.05) is 12.4 Å². The first kappa shape index (κ1) is 16.4. The molecule has 0 N–H and O–H groups in total. The quantitative estimate of drug-likeness (QED) is 0.701. The Morgan fingerprint density at radius 1 is 1.09 bits per heavy atom. The summed E-state index contributed by atoms with van der Waals surface area (Å²) in [7, 11) is 0. The van der Waals surface area contributed by atoms with Gasteiger partial charge >= 0.3 is 12.4 Å². The fraction of sp³-hybridized carbons (Fsp3) is 0.357. The number of aryl methyl sites for hydroxylation is 1. The minimum absolute atomic E-state index is 0.284. The third kappa shape index (κ3) is 2.95. The van der Waals surface area contributed by atoms with Crippen LogP contribution >= 0.6 is 0 Å². The van der Waals surface area contributed by atoms with E-state index < -0.39 is 29.5 Å². The van der Waals surface area contributed by atoms with Gasteiger partial charge in [0.05, 0.1) is 23.0 Å². The fourth-order valence-electron chi connectivity index (χ4n) is 2.40. The minimum Gasteiger partial charge on any atom is -0.340 e. The fourth-order valence-corrected chi connectivity index (χ4v) is 2.40. The van der Waals surface area contributed by atoms with Crippen LogP contribution in [0, 0.1) is 6.92 Å². The zero-order valence-electron chi connectivity index (χ0n) is 11.6. The number of nitrogens with zero attached hydrogens (tertiary/aromatic N) is 2. The highest BCUT2D eigenvalue weighted by Gasteiger charge is 2.42. The Balaban J connectivity index is 2.53. The predicted molar refractivity (Wildman–Crippen MR) is 69.2 cm³/mol. The molecule has 0 aromatic carbocycles. The van der Waals surface area contributed by atoms with Crippen LogP contribution in [-0.2, 0) is 6.18 Å². The van der Waals surface area contributed by atoms with E-state index in [1.807, 2.05) is 0 Å². The number of aromatic nitrogens is 1. The Labute approximate surface area is 122 Å². The summed E-state index contributed by atoms with van der Waals surface area (Å²) in [6, 6.07) is -0.205. The van der Waals surface area contributed by atoms with E-state index >= 15 is 0 Å². The van der Waals surface area contributed by atoms with Gasteiger partial charge in [-0.05, 0) is 26.0 Å². The summed E-state index contributed by atoms with van der Waals surface area (Å²) in [5.41, 5.74) is -2.57. The number of pyridine rings is 1. The molecule has 1 aromatic heterocycles. The average molecular weight is 322 g/mol. The molecule has 1 atom stereocenters. The van der Waals surface area contributed by atoms with E-state index in [2.05, 4.69) is 4.98 Å². The molecule has 120 valence electrons. The van der Waals surface area contributed by atoms with E-state index in [1.54, 1.807) is 0 Å². The third-order valence-electron chi connectivity index (χ3n) is 3.40. The van der Waals surface area contributed by atoms with Crippen molar-refractivity contribution >= 4 is 5.69 Å². The lowest BCUT2D eigenvalue weighted by Crippen LogP contribution is -2.38. The SMILES string of the molecule is Cc1nccc(N2C=CC=C(C(F)(F)F)C2C)c1C(F)(F)F. The molecular formula is C14H12F6N2. The van der Waals surface area contributed by atoms with Gasteiger partial charge in [0.15, 0.2) is 0 Å². The molecule has 1 aliphatic heterocycles. The molecule has 0 spiro atoms. The van der Waals surface area contributed by atoms with Crippen molar-refractivity contribution in [1.29, 1.82) is 0 Å². The summed E-state index contributed by atoms with van der Waals surface area (Å²) in [6.45, 7) is 2.38. The van der Waals surface area contributed by atoms with E-state index in [4.69, 9.17) is 0 Å². The number of allylic oxidation sites excluding steroid dienone is 2. The molecule has 1 unspecified atom stereocenters. The molecule has 2 nitrogen and oxygen atoms in total. The van der Waals surface area contributed by atoms with Gasteiger partial charge in [0.25, 0.3) is 0 Å². The monoisotopic (exact) mass is 322 g/mol. The number of hydrogen-bond acceptors (Lipinski definition) is 2. The summed E-state index contributed by atoms with van der Waals surface area (Å²) in [5.74, 6) is 0. The Morgan fingerprint density at radius 2 is 1.73 bits per heavy atom. The van der Waals surface area contributed by atoms with E-state index in [-0.39, 0.29) is 11.4 Å². The largest absolute Gasteiger partial charge is 0.420 e. The van der Waals surface area contributed by atoms with Crippen molar-refractivity contribution in [1.82, 2.24) is 4.98 Å². The number of alkyl halides is 6. The number of hydrogen-bond donors (Lipinski definition) is 0. The van der Waals surface area contributed by atoms with Crippen LogP contribution in [-0.4, -0.2) is 17.2 Å². The second-order valence-corrected chi connectivity index (χ2v) is 4.83. The topological polar surface area (TPSA) is 16.1 Å². The van der Waals surface area contributed by atoms with Gasteiger partial charge in [-0.1, -0.05) is 6.08 Å². The molecule has 22 heavy (non-hydrogen) atoms. The van der Waals surface area contributed by atoms with Gasteiger partial charge in [-0.25, -0.2) is 0 Å². The average Bonchev–Trinajstić information content (AvgIpc) is 2.35. The predicted octanol–water partition coefficient (Wildman–Crippen LogP) is 4.62. The zero-order chi connectivity index (χ0) is 16.7. The maximum Gasteiger partial charge on any atom is 0.420 e. The van der Waals surface area contributed by atoms with Crippen LogP contribution in [0.25, 0.3) is 0 Å². The molecule has 0 amide bonds. The molecule has 0 bridgehead atoms. The second kappa shape index (κ2) is 5.33. The van der Waals surface area contributed by atoms with Crippen LogP contribution in [0.4, 0.5) is 32.0 Å². The van der Waals surface area contributed by atoms with Crippen LogP contribution < -0.4 is 4.90 Å². The number of anilines is 1. The molecule has 0 radical (unpaired) electrons. The number of rotatable bonds is 1. The normalized spacial score (nSPS) is 19.4. The van der Waals surface area contributed by atoms with Crippen LogP contribution in [0.15, 0.2) is 36.2 Å². The minimum atomic E-state index is -4.71. The molecule has 1 aliphatic rings. The van der Waals surface area contributed by atoms with E-state index in [0.29, 0.717) is 0 Å². The molecule has 2 heterocycles. The Bertz CT molecular complexity index is 627. The lowest BCUT2D eigenvalue weighted by Gasteiger charge is -2.34. The van der Waals surface area contributed by atoms with Crippen molar-refractivity contribution in [2.45, 2.75) is 32.2 Å². The highest BCUT2D eigenvalue weighted by atomic mass is 19.4. The van der Waals surface area contributed by atoms with Gasteiger partial charge in [0.2, 0.25) is 0 Å². The summed E-state index contributed by atoms with van der Waals surface area (Å²) in [4.78, 5) is 4.54. The Kier molecular flexibility index (Phi) is 3.97. The van der Waals surface area contributed by atoms with Crippen LogP contribution in [0.3, 0.4) is 0 Å². The van der Waals surface area contributed by atoms with Crippen molar-refractivity contribution < 1.29 is 26.3 Å². The zero-order valence-corrected chi connectivity index (χ0v) is 11.6. The lowest BCUT2D eigenvalue weighted by atomic mass is 10.0. The van der Waals surface area contributed by atoms with Gasteiger partial charge in [-0.3, -0.25) is 4.98 Å². The molecule has 0 saturated heterocycles. The summed E-state index contributed by atoms with van der Waals surface area (Å²) in [5, 5.41) is 0. The van der Waals surface area contributed by atoms with Gasteiger partial charge in [-0.2, -0.15) is 26.3 Å². The molecule has 1 aromatic rings. The summed E-state index contributed by atoms with van der Waals surface area (Å²) in [6.07, 6.45) is -5.03. The lowest BCUT2D eigenvalue weighted by molar-refractivity contribution is -0.137. The van der Waals surface area contributed by atoms with Crippen molar-refractivity contribution in [3.8, 4) is 0 Å². The second-order valence-electron chi connectivity index (χ2n) is 4.83. The van der Waals surface area contributed by atoms with Crippen molar-refractivity contribution in [3.63, 3.8) is 0 Å². The first-order valence-corrected chi connectivity index (χ1v) is 6.30. The molecular weight excluding hydrogens is 310 g/mol. The van der Waals surface area contributed by atoms with Gasteiger partial charge in [0.1, 0.15) is 5.56 Å². The molecule has 2 rings (SSSR count). The van der Waals surface area contributed by atoms with E-state index in [1.165, 1.54) is 20.0 Å². The molecule has 0 aliphatic carbocycles. The standard InChI is InChI=1S/C14H12F6N2/c1-8-12(14(18,19)20)11(5-6-21-8)22-7-3-4-10(9(22)2)13(15,16)17/h3-7,9H,1-2H3. The van der Waals surface area contributed by atoms with E-state index in [0.717, 1.165) is 29.3 Å². The molecule has 8 heteroatoms.